The van der Waals surface area contributed by atoms with Gasteiger partial charge in [-0.15, -0.1) is 5.10 Å². The van der Waals surface area contributed by atoms with Crippen LogP contribution in [0.1, 0.15) is 36.2 Å². The fourth-order valence-corrected chi connectivity index (χ4v) is 2.97. The van der Waals surface area contributed by atoms with E-state index in [0.29, 0.717) is 16.4 Å². The molecule has 0 saturated heterocycles. The van der Waals surface area contributed by atoms with E-state index in [4.69, 9.17) is 5.73 Å². The first kappa shape index (κ1) is 13.0. The molecule has 0 bridgehead atoms. The van der Waals surface area contributed by atoms with Crippen molar-refractivity contribution >= 4 is 23.2 Å². The third-order valence-electron chi connectivity index (χ3n) is 3.20. The standard InChI is InChI=1S/C13H14N4O2S/c1-7(18)10-6-9(4-5-11(10)14)20-13-16-15-12(19)17(13)8-2-3-8/h4-6,8H,2-3,14H2,1H3,(H,15,19). The Bertz CT molecular complexity index is 730. The summed E-state index contributed by atoms with van der Waals surface area (Å²) in [4.78, 5) is 24.0. The van der Waals surface area contributed by atoms with E-state index in [2.05, 4.69) is 10.2 Å². The van der Waals surface area contributed by atoms with Crippen molar-refractivity contribution in [3.8, 4) is 0 Å². The molecule has 0 radical (unpaired) electrons. The summed E-state index contributed by atoms with van der Waals surface area (Å²) in [5.41, 5.74) is 6.54. The lowest BCUT2D eigenvalue weighted by Gasteiger charge is -2.06. The number of ketones is 1. The number of benzene rings is 1. The van der Waals surface area contributed by atoms with E-state index in [-0.39, 0.29) is 17.5 Å². The first-order valence-corrected chi connectivity index (χ1v) is 7.13. The first-order chi connectivity index (χ1) is 9.56. The molecule has 104 valence electrons. The minimum absolute atomic E-state index is 0.0773. The van der Waals surface area contributed by atoms with Crippen LogP contribution in [0.2, 0.25) is 0 Å². The molecule has 6 nitrogen and oxygen atoms in total. The molecule has 20 heavy (non-hydrogen) atoms. The summed E-state index contributed by atoms with van der Waals surface area (Å²) >= 11 is 1.36. The highest BCUT2D eigenvalue weighted by Crippen LogP contribution is 2.38. The van der Waals surface area contributed by atoms with E-state index in [0.717, 1.165) is 17.7 Å². The van der Waals surface area contributed by atoms with Gasteiger partial charge in [0.05, 0.1) is 0 Å². The monoisotopic (exact) mass is 290 g/mol. The summed E-state index contributed by atoms with van der Waals surface area (Å²) in [6, 6.07) is 5.51. The van der Waals surface area contributed by atoms with Gasteiger partial charge in [0.25, 0.3) is 0 Å². The number of carbonyl (C=O) groups excluding carboxylic acids is 1. The van der Waals surface area contributed by atoms with Crippen molar-refractivity contribution in [2.24, 2.45) is 0 Å². The van der Waals surface area contributed by atoms with Gasteiger partial charge in [-0.3, -0.25) is 9.36 Å². The number of nitrogens with one attached hydrogen (secondary N) is 1. The third kappa shape index (κ3) is 2.36. The van der Waals surface area contributed by atoms with E-state index in [9.17, 15) is 9.59 Å². The van der Waals surface area contributed by atoms with Crippen molar-refractivity contribution in [1.82, 2.24) is 14.8 Å². The van der Waals surface area contributed by atoms with Crippen molar-refractivity contribution in [2.75, 3.05) is 5.73 Å². The maximum absolute atomic E-state index is 11.7. The van der Waals surface area contributed by atoms with Gasteiger partial charge in [-0.25, -0.2) is 9.89 Å². The Labute approximate surface area is 119 Å². The Balaban J connectivity index is 1.94. The summed E-state index contributed by atoms with van der Waals surface area (Å²) in [6.07, 6.45) is 2.01. The molecule has 7 heteroatoms. The van der Waals surface area contributed by atoms with E-state index >= 15 is 0 Å². The van der Waals surface area contributed by atoms with Gasteiger partial charge in [0.15, 0.2) is 10.9 Å². The zero-order valence-corrected chi connectivity index (χ0v) is 11.7. The number of Topliss-reactive ketones (excluding diaryl/α,β-unsaturated/α-hetero) is 1. The lowest BCUT2D eigenvalue weighted by Crippen LogP contribution is -2.16. The number of nitrogens with zero attached hydrogens (tertiary/aromatic N) is 2. The second kappa shape index (κ2) is 4.82. The average Bonchev–Trinajstić information content (AvgIpc) is 3.17. The number of aromatic amines is 1. The summed E-state index contributed by atoms with van der Waals surface area (Å²) < 4.78 is 1.68. The summed E-state index contributed by atoms with van der Waals surface area (Å²) in [7, 11) is 0. The second-order valence-corrected chi connectivity index (χ2v) is 5.86. The zero-order valence-electron chi connectivity index (χ0n) is 10.9. The molecule has 1 fully saturated rings. The SMILES string of the molecule is CC(=O)c1cc(Sc2n[nH]c(=O)n2C2CC2)ccc1N. The zero-order chi connectivity index (χ0) is 14.3. The highest BCUT2D eigenvalue weighted by Gasteiger charge is 2.28. The normalized spacial score (nSPS) is 14.4. The lowest BCUT2D eigenvalue weighted by molar-refractivity contribution is 0.101. The van der Waals surface area contributed by atoms with E-state index in [1.807, 2.05) is 6.07 Å². The maximum Gasteiger partial charge on any atom is 0.344 e. The van der Waals surface area contributed by atoms with Gasteiger partial charge in [-0.05, 0) is 49.7 Å². The molecule has 3 N–H and O–H groups in total. The molecular formula is C13H14N4O2S. The minimum Gasteiger partial charge on any atom is -0.398 e. The van der Waals surface area contributed by atoms with Gasteiger partial charge in [0.2, 0.25) is 0 Å². The summed E-state index contributed by atoms with van der Waals surface area (Å²) in [6.45, 7) is 1.48. The highest BCUT2D eigenvalue weighted by atomic mass is 32.2. The fourth-order valence-electron chi connectivity index (χ4n) is 2.03. The number of hydrogen-bond acceptors (Lipinski definition) is 5. The molecule has 1 aliphatic rings. The predicted octanol–water partition coefficient (Wildman–Crippen LogP) is 1.84. The van der Waals surface area contributed by atoms with Gasteiger partial charge in [-0.2, -0.15) is 0 Å². The van der Waals surface area contributed by atoms with Crippen LogP contribution in [0.15, 0.2) is 33.0 Å². The molecule has 3 rings (SSSR count). The Morgan fingerprint density at radius 3 is 2.90 bits per heavy atom. The maximum atomic E-state index is 11.7. The molecule has 2 aromatic rings. The Kier molecular flexibility index (Phi) is 3.13. The van der Waals surface area contributed by atoms with Crippen LogP contribution in [-0.2, 0) is 0 Å². The van der Waals surface area contributed by atoms with Gasteiger partial charge in [0.1, 0.15) is 0 Å². The van der Waals surface area contributed by atoms with Crippen molar-refractivity contribution in [1.29, 1.82) is 0 Å². The smallest absolute Gasteiger partial charge is 0.344 e. The molecule has 0 unspecified atom stereocenters. The number of nitrogen functional groups attached to an aromatic ring is 1. The van der Waals surface area contributed by atoms with E-state index in [1.54, 1.807) is 16.7 Å². The highest BCUT2D eigenvalue weighted by molar-refractivity contribution is 7.99. The van der Waals surface area contributed by atoms with Crippen molar-refractivity contribution < 1.29 is 4.79 Å². The lowest BCUT2D eigenvalue weighted by atomic mass is 10.1. The molecule has 0 atom stereocenters. The molecule has 1 aromatic carbocycles. The van der Waals surface area contributed by atoms with Crippen molar-refractivity contribution in [3.05, 3.63) is 34.2 Å². The minimum atomic E-state index is -0.183. The Hall–Kier alpha value is -2.02. The second-order valence-electron chi connectivity index (χ2n) is 4.82. The Morgan fingerprint density at radius 2 is 2.25 bits per heavy atom. The number of rotatable bonds is 4. The number of carbonyl (C=O) groups is 1. The molecule has 0 spiro atoms. The van der Waals surface area contributed by atoms with Gasteiger partial charge < -0.3 is 5.73 Å². The molecule has 1 heterocycles. The van der Waals surface area contributed by atoms with Crippen molar-refractivity contribution in [2.45, 2.75) is 35.9 Å². The Morgan fingerprint density at radius 1 is 1.50 bits per heavy atom. The molecule has 0 aliphatic heterocycles. The number of H-pyrrole nitrogens is 1. The topological polar surface area (TPSA) is 93.8 Å². The molecule has 1 saturated carbocycles. The average molecular weight is 290 g/mol. The predicted molar refractivity (Wildman–Crippen MR) is 76.1 cm³/mol. The van der Waals surface area contributed by atoms with Crippen LogP contribution in [-0.4, -0.2) is 20.5 Å². The van der Waals surface area contributed by atoms with Crippen LogP contribution >= 0.6 is 11.8 Å². The van der Waals surface area contributed by atoms with Gasteiger partial charge in [-0.1, -0.05) is 0 Å². The van der Waals surface area contributed by atoms with Crippen LogP contribution in [0, 0.1) is 0 Å². The van der Waals surface area contributed by atoms with Crippen LogP contribution in [0.5, 0.6) is 0 Å². The van der Waals surface area contributed by atoms with E-state index < -0.39 is 0 Å². The van der Waals surface area contributed by atoms with Crippen LogP contribution in [0.4, 0.5) is 5.69 Å². The van der Waals surface area contributed by atoms with E-state index in [1.165, 1.54) is 18.7 Å². The fraction of sp³-hybridized carbons (Fsp3) is 0.308. The van der Waals surface area contributed by atoms with Crippen molar-refractivity contribution in [3.63, 3.8) is 0 Å². The van der Waals surface area contributed by atoms with Crippen LogP contribution in [0.3, 0.4) is 0 Å². The number of nitrogens with two attached hydrogens (primary N) is 1. The summed E-state index contributed by atoms with van der Waals surface area (Å²) in [5, 5.41) is 7.14. The third-order valence-corrected chi connectivity index (χ3v) is 4.16. The number of anilines is 1. The summed E-state index contributed by atoms with van der Waals surface area (Å²) in [5.74, 6) is -0.0773. The largest absolute Gasteiger partial charge is 0.398 e. The van der Waals surface area contributed by atoms with Crippen LogP contribution < -0.4 is 11.4 Å². The molecule has 0 amide bonds. The first-order valence-electron chi connectivity index (χ1n) is 6.31. The number of hydrogen-bond donors (Lipinski definition) is 2. The molecular weight excluding hydrogens is 276 g/mol. The molecule has 1 aliphatic carbocycles. The quantitative estimate of drug-likeness (QED) is 0.662. The van der Waals surface area contributed by atoms with Gasteiger partial charge >= 0.3 is 5.69 Å². The van der Waals surface area contributed by atoms with Gasteiger partial charge in [0, 0.05) is 22.2 Å². The van der Waals surface area contributed by atoms with Crippen LogP contribution in [0.25, 0.3) is 0 Å². The number of aromatic nitrogens is 3. The molecule has 1 aromatic heterocycles.